The van der Waals surface area contributed by atoms with Crippen molar-refractivity contribution in [1.82, 2.24) is 4.90 Å². The van der Waals surface area contributed by atoms with Crippen LogP contribution >= 0.6 is 11.8 Å². The first kappa shape index (κ1) is 13.1. The monoisotopic (exact) mass is 266 g/mol. The second-order valence-electron chi connectivity index (χ2n) is 4.06. The molecule has 0 unspecified atom stereocenters. The van der Waals surface area contributed by atoms with E-state index >= 15 is 0 Å². The van der Waals surface area contributed by atoms with E-state index in [2.05, 4.69) is 16.9 Å². The molecule has 0 aromatic heterocycles. The van der Waals surface area contributed by atoms with Crippen molar-refractivity contribution in [3.05, 3.63) is 18.2 Å². The number of benzene rings is 1. The summed E-state index contributed by atoms with van der Waals surface area (Å²) in [6.45, 7) is 1.06. The van der Waals surface area contributed by atoms with Crippen LogP contribution in [-0.2, 0) is 0 Å². The number of amidine groups is 1. The number of thioether (sulfide) groups is 1. The van der Waals surface area contributed by atoms with E-state index in [4.69, 9.17) is 9.47 Å². The fourth-order valence-electron chi connectivity index (χ4n) is 1.77. The van der Waals surface area contributed by atoms with Gasteiger partial charge in [-0.1, -0.05) is 11.8 Å². The summed E-state index contributed by atoms with van der Waals surface area (Å²) in [7, 11) is 5.36. The number of rotatable bonds is 3. The molecule has 0 spiro atoms. The van der Waals surface area contributed by atoms with Crippen molar-refractivity contribution >= 4 is 22.6 Å². The van der Waals surface area contributed by atoms with Crippen LogP contribution in [0.1, 0.15) is 6.42 Å². The number of ether oxygens (including phenoxy) is 2. The van der Waals surface area contributed by atoms with E-state index in [9.17, 15) is 0 Å². The van der Waals surface area contributed by atoms with Crippen molar-refractivity contribution in [2.75, 3.05) is 33.6 Å². The molecule has 1 aliphatic heterocycles. The number of nitrogens with zero attached hydrogens (tertiary/aromatic N) is 2. The molecule has 0 radical (unpaired) electrons. The van der Waals surface area contributed by atoms with E-state index in [1.165, 1.54) is 6.42 Å². The minimum absolute atomic E-state index is 0.737. The van der Waals surface area contributed by atoms with Crippen molar-refractivity contribution in [3.63, 3.8) is 0 Å². The van der Waals surface area contributed by atoms with Crippen LogP contribution in [0.3, 0.4) is 0 Å². The summed E-state index contributed by atoms with van der Waals surface area (Å²) < 4.78 is 10.5. The molecule has 98 valence electrons. The summed E-state index contributed by atoms with van der Waals surface area (Å²) in [5.41, 5.74) is 0.842. The van der Waals surface area contributed by atoms with Crippen LogP contribution in [0.15, 0.2) is 23.2 Å². The molecule has 0 amide bonds. The Morgan fingerprint density at radius 1 is 1.28 bits per heavy atom. The topological polar surface area (TPSA) is 34.1 Å². The van der Waals surface area contributed by atoms with Gasteiger partial charge in [-0.05, 0) is 18.6 Å². The van der Waals surface area contributed by atoms with Crippen molar-refractivity contribution in [2.45, 2.75) is 6.42 Å². The van der Waals surface area contributed by atoms with E-state index in [1.807, 2.05) is 18.2 Å². The third kappa shape index (κ3) is 2.90. The average Bonchev–Trinajstić information content (AvgIpc) is 2.41. The van der Waals surface area contributed by atoms with Gasteiger partial charge in [0.25, 0.3) is 0 Å². The van der Waals surface area contributed by atoms with Crippen LogP contribution in [-0.4, -0.2) is 43.6 Å². The van der Waals surface area contributed by atoms with Crippen molar-refractivity contribution in [2.24, 2.45) is 4.99 Å². The summed E-state index contributed by atoms with van der Waals surface area (Å²) in [6, 6.07) is 5.68. The first-order valence-corrected chi connectivity index (χ1v) is 6.88. The lowest BCUT2D eigenvalue weighted by molar-refractivity contribution is 0.395. The molecule has 4 nitrogen and oxygen atoms in total. The van der Waals surface area contributed by atoms with Gasteiger partial charge in [-0.2, -0.15) is 0 Å². The molecule has 1 saturated heterocycles. The summed E-state index contributed by atoms with van der Waals surface area (Å²) in [6.07, 6.45) is 1.21. The lowest BCUT2D eigenvalue weighted by Crippen LogP contribution is -2.29. The summed E-state index contributed by atoms with van der Waals surface area (Å²) in [5, 5.41) is 1.05. The van der Waals surface area contributed by atoms with Crippen LogP contribution in [0.25, 0.3) is 0 Å². The Morgan fingerprint density at radius 2 is 2.11 bits per heavy atom. The van der Waals surface area contributed by atoms with E-state index in [0.29, 0.717) is 0 Å². The molecule has 1 aromatic carbocycles. The van der Waals surface area contributed by atoms with Gasteiger partial charge in [0.05, 0.1) is 14.2 Å². The molecule has 0 bridgehead atoms. The molecule has 0 saturated carbocycles. The van der Waals surface area contributed by atoms with Crippen molar-refractivity contribution in [3.8, 4) is 11.5 Å². The molecule has 1 aliphatic rings. The number of aliphatic imine (C=N–C) groups is 1. The van der Waals surface area contributed by atoms with Gasteiger partial charge >= 0.3 is 0 Å². The molecule has 0 N–H and O–H groups in total. The van der Waals surface area contributed by atoms with Gasteiger partial charge in [-0.25, -0.2) is 4.99 Å². The first-order valence-electron chi connectivity index (χ1n) is 5.89. The molecule has 0 aliphatic carbocycles. The molecular weight excluding hydrogens is 248 g/mol. The zero-order chi connectivity index (χ0) is 13.0. The fraction of sp³-hybridized carbons (Fsp3) is 0.462. The van der Waals surface area contributed by atoms with Crippen molar-refractivity contribution in [1.29, 1.82) is 0 Å². The highest BCUT2D eigenvalue weighted by Gasteiger charge is 2.14. The Hall–Kier alpha value is -1.36. The quantitative estimate of drug-likeness (QED) is 0.842. The van der Waals surface area contributed by atoms with Crippen molar-refractivity contribution < 1.29 is 9.47 Å². The Balaban J connectivity index is 2.29. The largest absolute Gasteiger partial charge is 0.497 e. The molecule has 5 heteroatoms. The molecule has 18 heavy (non-hydrogen) atoms. The van der Waals surface area contributed by atoms with E-state index < -0.39 is 0 Å². The second kappa shape index (κ2) is 6.00. The maximum Gasteiger partial charge on any atom is 0.164 e. The predicted molar refractivity (Wildman–Crippen MR) is 76.3 cm³/mol. The van der Waals surface area contributed by atoms with Gasteiger partial charge in [0, 0.05) is 25.4 Å². The predicted octanol–water partition coefficient (Wildman–Crippen LogP) is 2.76. The van der Waals surface area contributed by atoms with Crippen LogP contribution in [0.4, 0.5) is 5.69 Å². The molecule has 0 atom stereocenters. The first-order chi connectivity index (χ1) is 8.74. The fourth-order valence-corrected chi connectivity index (χ4v) is 2.70. The molecular formula is C13H18N2O2S. The smallest absolute Gasteiger partial charge is 0.164 e. The highest BCUT2D eigenvalue weighted by atomic mass is 32.2. The van der Waals surface area contributed by atoms with Gasteiger partial charge in [-0.3, -0.25) is 0 Å². The number of hydrogen-bond donors (Lipinski definition) is 0. The van der Waals surface area contributed by atoms with Gasteiger partial charge in [0.1, 0.15) is 17.2 Å². The Labute approximate surface area is 112 Å². The average molecular weight is 266 g/mol. The molecule has 1 fully saturated rings. The maximum absolute atomic E-state index is 5.35. The number of hydrogen-bond acceptors (Lipinski definition) is 4. The second-order valence-corrected chi connectivity index (χ2v) is 5.12. The van der Waals surface area contributed by atoms with Gasteiger partial charge in [-0.15, -0.1) is 0 Å². The summed E-state index contributed by atoms with van der Waals surface area (Å²) in [4.78, 5) is 6.85. The van der Waals surface area contributed by atoms with E-state index in [0.717, 1.165) is 34.7 Å². The number of methoxy groups -OCH3 is 2. The molecule has 1 heterocycles. The normalized spacial score (nSPS) is 17.9. The summed E-state index contributed by atoms with van der Waals surface area (Å²) >= 11 is 1.78. The van der Waals surface area contributed by atoms with Crippen LogP contribution in [0.5, 0.6) is 11.5 Å². The Morgan fingerprint density at radius 3 is 2.78 bits per heavy atom. The highest BCUT2D eigenvalue weighted by molar-refractivity contribution is 8.13. The van der Waals surface area contributed by atoms with E-state index in [-0.39, 0.29) is 0 Å². The SMILES string of the molecule is COc1ccc(N=C2SCCCN2C)c(OC)c1. The highest BCUT2D eigenvalue weighted by Crippen LogP contribution is 2.33. The van der Waals surface area contributed by atoms with Crippen LogP contribution < -0.4 is 9.47 Å². The standard InChI is InChI=1S/C13H18N2O2S/c1-15-7-4-8-18-13(15)14-11-6-5-10(16-2)9-12(11)17-3/h5-6,9H,4,7-8H2,1-3H3. The van der Waals surface area contributed by atoms with Gasteiger partial charge in [0.2, 0.25) is 0 Å². The Kier molecular flexibility index (Phi) is 4.36. The minimum Gasteiger partial charge on any atom is -0.497 e. The van der Waals surface area contributed by atoms with Crippen LogP contribution in [0, 0.1) is 0 Å². The minimum atomic E-state index is 0.737. The van der Waals surface area contributed by atoms with Crippen LogP contribution in [0.2, 0.25) is 0 Å². The lowest BCUT2D eigenvalue weighted by Gasteiger charge is -2.25. The summed E-state index contributed by atoms with van der Waals surface area (Å²) in [5.74, 6) is 2.64. The zero-order valence-electron chi connectivity index (χ0n) is 11.0. The molecule has 1 aromatic rings. The third-order valence-corrected chi connectivity index (χ3v) is 3.95. The van der Waals surface area contributed by atoms with Gasteiger partial charge < -0.3 is 14.4 Å². The van der Waals surface area contributed by atoms with Gasteiger partial charge in [0.15, 0.2) is 5.17 Å². The van der Waals surface area contributed by atoms with E-state index in [1.54, 1.807) is 26.0 Å². The lowest BCUT2D eigenvalue weighted by atomic mass is 10.3. The Bertz CT molecular complexity index is 449. The maximum atomic E-state index is 5.35. The third-order valence-electron chi connectivity index (χ3n) is 2.80. The molecule has 2 rings (SSSR count). The zero-order valence-corrected chi connectivity index (χ0v) is 11.8.